The molecule has 0 atom stereocenters. The topological polar surface area (TPSA) is 12.0 Å². The summed E-state index contributed by atoms with van der Waals surface area (Å²) in [6, 6.07) is 5.98. The highest BCUT2D eigenvalue weighted by atomic mass is 32.1. The van der Waals surface area contributed by atoms with Crippen LogP contribution < -0.4 is 5.32 Å². The fraction of sp³-hybridized carbons (Fsp3) is 0.231. The van der Waals surface area contributed by atoms with Gasteiger partial charge in [0.2, 0.25) is 0 Å². The third-order valence-electron chi connectivity index (χ3n) is 2.53. The first-order valence-electron chi connectivity index (χ1n) is 5.42. The molecule has 0 aliphatic heterocycles. The van der Waals surface area contributed by atoms with Gasteiger partial charge >= 0.3 is 0 Å². The molecule has 1 N–H and O–H groups in total. The quantitative estimate of drug-likeness (QED) is 0.806. The Morgan fingerprint density at radius 2 is 1.88 bits per heavy atom. The van der Waals surface area contributed by atoms with E-state index in [0.29, 0.717) is 6.54 Å². The first-order chi connectivity index (χ1) is 8.27. The molecule has 0 aliphatic rings. The van der Waals surface area contributed by atoms with Crippen molar-refractivity contribution >= 4 is 11.3 Å². The minimum Gasteiger partial charge on any atom is -0.312 e. The third-order valence-corrected chi connectivity index (χ3v) is 3.27. The maximum Gasteiger partial charge on any atom is 0.130 e. The van der Waals surface area contributed by atoms with Gasteiger partial charge in [-0.15, -0.1) is 0 Å². The van der Waals surface area contributed by atoms with Gasteiger partial charge in [0.1, 0.15) is 11.6 Å². The number of hydrogen-bond donors (Lipinski definition) is 1. The largest absolute Gasteiger partial charge is 0.312 e. The Morgan fingerprint density at radius 3 is 2.53 bits per heavy atom. The summed E-state index contributed by atoms with van der Waals surface area (Å²) in [7, 11) is 0. The zero-order valence-electron chi connectivity index (χ0n) is 9.25. The van der Waals surface area contributed by atoms with E-state index < -0.39 is 11.6 Å². The Kier molecular flexibility index (Phi) is 4.23. The molecule has 0 saturated carbocycles. The second-order valence-corrected chi connectivity index (χ2v) is 4.54. The molecule has 1 nitrogen and oxygen atoms in total. The van der Waals surface area contributed by atoms with Crippen LogP contribution in [0, 0.1) is 11.6 Å². The van der Waals surface area contributed by atoms with Crippen LogP contribution in [0.4, 0.5) is 8.78 Å². The zero-order valence-corrected chi connectivity index (χ0v) is 10.1. The van der Waals surface area contributed by atoms with Gasteiger partial charge in [-0.3, -0.25) is 0 Å². The second-order valence-electron chi connectivity index (χ2n) is 3.76. The van der Waals surface area contributed by atoms with Crippen LogP contribution in [0.2, 0.25) is 0 Å². The van der Waals surface area contributed by atoms with Gasteiger partial charge in [0.25, 0.3) is 0 Å². The average Bonchev–Trinajstić information content (AvgIpc) is 2.80. The van der Waals surface area contributed by atoms with E-state index in [-0.39, 0.29) is 12.1 Å². The molecule has 17 heavy (non-hydrogen) atoms. The second kappa shape index (κ2) is 5.89. The highest BCUT2D eigenvalue weighted by molar-refractivity contribution is 7.07. The number of benzene rings is 1. The van der Waals surface area contributed by atoms with E-state index in [1.807, 2.05) is 5.38 Å². The summed E-state index contributed by atoms with van der Waals surface area (Å²) < 4.78 is 26.5. The Bertz CT molecular complexity index is 448. The van der Waals surface area contributed by atoms with Crippen LogP contribution >= 0.6 is 11.3 Å². The van der Waals surface area contributed by atoms with Crippen molar-refractivity contribution in [3.05, 3.63) is 57.8 Å². The molecule has 0 amide bonds. The predicted octanol–water partition coefficient (Wildman–Crippen LogP) is 3.36. The van der Waals surface area contributed by atoms with Crippen LogP contribution in [-0.2, 0) is 13.0 Å². The molecule has 1 aromatic carbocycles. The van der Waals surface area contributed by atoms with Gasteiger partial charge in [-0.25, -0.2) is 8.78 Å². The standard InChI is InChI=1S/C13H13F2NS/c14-12-2-1-3-13(15)11(12)8-16-6-4-10-5-7-17-9-10/h1-3,5,7,9,16H,4,6,8H2. The van der Waals surface area contributed by atoms with Crippen LogP contribution in [0.1, 0.15) is 11.1 Å². The van der Waals surface area contributed by atoms with Crippen LogP contribution in [0.3, 0.4) is 0 Å². The van der Waals surface area contributed by atoms with E-state index in [2.05, 4.69) is 16.8 Å². The van der Waals surface area contributed by atoms with E-state index in [1.54, 1.807) is 11.3 Å². The monoisotopic (exact) mass is 253 g/mol. The van der Waals surface area contributed by atoms with Crippen molar-refractivity contribution < 1.29 is 8.78 Å². The number of nitrogens with one attached hydrogen (secondary N) is 1. The Morgan fingerprint density at radius 1 is 1.12 bits per heavy atom. The summed E-state index contributed by atoms with van der Waals surface area (Å²) in [5.74, 6) is -0.985. The molecular formula is C13H13F2NS. The van der Waals surface area contributed by atoms with E-state index in [0.717, 1.165) is 6.42 Å². The Hall–Kier alpha value is -1.26. The number of hydrogen-bond acceptors (Lipinski definition) is 2. The van der Waals surface area contributed by atoms with Crippen LogP contribution in [0.5, 0.6) is 0 Å². The smallest absolute Gasteiger partial charge is 0.130 e. The summed E-state index contributed by atoms with van der Waals surface area (Å²) in [6.45, 7) is 0.938. The first kappa shape index (κ1) is 12.2. The normalized spacial score (nSPS) is 10.7. The van der Waals surface area contributed by atoms with Crippen molar-refractivity contribution in [2.24, 2.45) is 0 Å². The molecule has 0 saturated heterocycles. The highest BCUT2D eigenvalue weighted by Gasteiger charge is 2.06. The van der Waals surface area contributed by atoms with Gasteiger partial charge in [-0.05, 0) is 47.5 Å². The molecule has 1 aromatic heterocycles. The highest BCUT2D eigenvalue weighted by Crippen LogP contribution is 2.11. The van der Waals surface area contributed by atoms with Crippen molar-refractivity contribution in [1.29, 1.82) is 0 Å². The van der Waals surface area contributed by atoms with E-state index in [9.17, 15) is 8.78 Å². The van der Waals surface area contributed by atoms with E-state index in [4.69, 9.17) is 0 Å². The lowest BCUT2D eigenvalue weighted by Gasteiger charge is -2.06. The van der Waals surface area contributed by atoms with E-state index in [1.165, 1.54) is 23.8 Å². The minimum atomic E-state index is -0.493. The van der Waals surface area contributed by atoms with Gasteiger partial charge in [0.15, 0.2) is 0 Å². The third kappa shape index (κ3) is 3.35. The molecule has 90 valence electrons. The number of halogens is 2. The van der Waals surface area contributed by atoms with Crippen LogP contribution in [0.25, 0.3) is 0 Å². The van der Waals surface area contributed by atoms with Gasteiger partial charge in [0, 0.05) is 12.1 Å². The summed E-state index contributed by atoms with van der Waals surface area (Å²) in [6.07, 6.45) is 0.875. The molecule has 2 aromatic rings. The summed E-state index contributed by atoms with van der Waals surface area (Å²) in [4.78, 5) is 0. The fourth-order valence-corrected chi connectivity index (χ4v) is 2.29. The molecule has 4 heteroatoms. The van der Waals surface area contributed by atoms with Gasteiger partial charge in [-0.1, -0.05) is 6.07 Å². The number of thiophene rings is 1. The molecule has 0 unspecified atom stereocenters. The molecular weight excluding hydrogens is 240 g/mol. The van der Waals surface area contributed by atoms with Crippen molar-refractivity contribution in [2.75, 3.05) is 6.54 Å². The average molecular weight is 253 g/mol. The molecule has 0 spiro atoms. The first-order valence-corrected chi connectivity index (χ1v) is 6.36. The summed E-state index contributed by atoms with van der Waals surface area (Å²) in [5, 5.41) is 7.14. The molecule has 0 aliphatic carbocycles. The zero-order chi connectivity index (χ0) is 12.1. The molecule has 1 heterocycles. The molecule has 0 fully saturated rings. The van der Waals surface area contributed by atoms with Crippen LogP contribution in [-0.4, -0.2) is 6.54 Å². The summed E-state index contributed by atoms with van der Waals surface area (Å²) >= 11 is 1.65. The van der Waals surface area contributed by atoms with Gasteiger partial charge < -0.3 is 5.32 Å². The lowest BCUT2D eigenvalue weighted by Crippen LogP contribution is -2.18. The predicted molar refractivity (Wildman–Crippen MR) is 66.1 cm³/mol. The SMILES string of the molecule is Fc1cccc(F)c1CNCCc1ccsc1. The maximum absolute atomic E-state index is 13.3. The molecule has 0 bridgehead atoms. The van der Waals surface area contributed by atoms with Crippen molar-refractivity contribution in [3.8, 4) is 0 Å². The van der Waals surface area contributed by atoms with Crippen molar-refractivity contribution in [3.63, 3.8) is 0 Å². The van der Waals surface area contributed by atoms with Crippen molar-refractivity contribution in [2.45, 2.75) is 13.0 Å². The molecule has 0 radical (unpaired) electrons. The van der Waals surface area contributed by atoms with E-state index >= 15 is 0 Å². The lowest BCUT2D eigenvalue weighted by molar-refractivity contribution is 0.536. The fourth-order valence-electron chi connectivity index (χ4n) is 1.58. The number of rotatable bonds is 5. The van der Waals surface area contributed by atoms with Crippen molar-refractivity contribution in [1.82, 2.24) is 5.32 Å². The van der Waals surface area contributed by atoms with Gasteiger partial charge in [-0.2, -0.15) is 11.3 Å². The minimum absolute atomic E-state index is 0.109. The Balaban J connectivity index is 1.82. The Labute approximate surface area is 103 Å². The van der Waals surface area contributed by atoms with Gasteiger partial charge in [0.05, 0.1) is 0 Å². The van der Waals surface area contributed by atoms with Crippen LogP contribution in [0.15, 0.2) is 35.0 Å². The lowest BCUT2D eigenvalue weighted by atomic mass is 10.2. The summed E-state index contributed by atoms with van der Waals surface area (Å²) in [5.41, 5.74) is 1.36. The maximum atomic E-state index is 13.3. The molecule has 2 rings (SSSR count).